The van der Waals surface area contributed by atoms with Crippen molar-refractivity contribution in [1.82, 2.24) is 19.5 Å². The van der Waals surface area contributed by atoms with E-state index in [-0.39, 0.29) is 12.0 Å². The lowest BCUT2D eigenvalue weighted by Gasteiger charge is -2.29. The SMILES string of the molecule is Cc1cc2nc(C)c(CCC(=O)N(C)C[C@@H]3COc4ccccc4O3)c(C)n2n1. The maximum absolute atomic E-state index is 12.7. The third-order valence-corrected chi connectivity index (χ3v) is 5.35. The van der Waals surface area contributed by atoms with Crippen molar-refractivity contribution in [3.63, 3.8) is 0 Å². The van der Waals surface area contributed by atoms with Crippen molar-refractivity contribution in [2.24, 2.45) is 0 Å². The molecule has 1 amide bonds. The van der Waals surface area contributed by atoms with Gasteiger partial charge in [0, 0.05) is 30.9 Å². The number of hydrogen-bond donors (Lipinski definition) is 0. The van der Waals surface area contributed by atoms with Crippen molar-refractivity contribution in [1.29, 1.82) is 0 Å². The van der Waals surface area contributed by atoms with E-state index >= 15 is 0 Å². The molecule has 0 bridgehead atoms. The maximum Gasteiger partial charge on any atom is 0.222 e. The number of amides is 1. The van der Waals surface area contributed by atoms with Gasteiger partial charge in [0.05, 0.1) is 12.2 Å². The van der Waals surface area contributed by atoms with Gasteiger partial charge < -0.3 is 14.4 Å². The average molecular weight is 394 g/mol. The molecule has 0 N–H and O–H groups in total. The molecule has 7 heteroatoms. The minimum Gasteiger partial charge on any atom is -0.486 e. The first-order chi connectivity index (χ1) is 13.9. The van der Waals surface area contributed by atoms with Gasteiger partial charge in [0.2, 0.25) is 5.91 Å². The number of aromatic nitrogens is 3. The molecule has 1 atom stereocenters. The van der Waals surface area contributed by atoms with Crippen LogP contribution in [0.5, 0.6) is 11.5 Å². The quantitative estimate of drug-likeness (QED) is 0.666. The van der Waals surface area contributed by atoms with Gasteiger partial charge in [-0.3, -0.25) is 4.79 Å². The zero-order chi connectivity index (χ0) is 20.5. The molecular weight excluding hydrogens is 368 g/mol. The second-order valence-corrected chi connectivity index (χ2v) is 7.59. The molecular formula is C22H26N4O3. The molecule has 7 nitrogen and oxygen atoms in total. The largest absolute Gasteiger partial charge is 0.486 e. The van der Waals surface area contributed by atoms with E-state index in [0.717, 1.165) is 39.8 Å². The number of nitrogens with zero attached hydrogens (tertiary/aromatic N) is 4. The molecule has 3 aromatic rings. The Balaban J connectivity index is 1.38. The first kappa shape index (κ1) is 19.2. The summed E-state index contributed by atoms with van der Waals surface area (Å²) in [7, 11) is 1.81. The van der Waals surface area contributed by atoms with Crippen LogP contribution < -0.4 is 9.47 Å². The number of rotatable bonds is 5. The van der Waals surface area contributed by atoms with E-state index in [1.54, 1.807) is 4.90 Å². The van der Waals surface area contributed by atoms with Gasteiger partial charge in [0.15, 0.2) is 23.3 Å². The monoisotopic (exact) mass is 394 g/mol. The molecule has 3 heterocycles. The Kier molecular flexibility index (Phi) is 5.13. The highest BCUT2D eigenvalue weighted by Gasteiger charge is 2.24. The number of carbonyl (C=O) groups is 1. The third kappa shape index (κ3) is 3.90. The van der Waals surface area contributed by atoms with Gasteiger partial charge in [-0.15, -0.1) is 0 Å². The predicted molar refractivity (Wildman–Crippen MR) is 110 cm³/mol. The van der Waals surface area contributed by atoms with Gasteiger partial charge in [0.25, 0.3) is 0 Å². The molecule has 1 aliphatic heterocycles. The van der Waals surface area contributed by atoms with Crippen LogP contribution in [-0.4, -0.2) is 51.7 Å². The van der Waals surface area contributed by atoms with Crippen molar-refractivity contribution in [3.8, 4) is 11.5 Å². The lowest BCUT2D eigenvalue weighted by Crippen LogP contribution is -2.41. The Labute approximate surface area is 170 Å². The molecule has 0 radical (unpaired) electrons. The van der Waals surface area contributed by atoms with Crippen LogP contribution in [0.3, 0.4) is 0 Å². The summed E-state index contributed by atoms with van der Waals surface area (Å²) in [6.45, 7) is 6.90. The van der Waals surface area contributed by atoms with Gasteiger partial charge in [0.1, 0.15) is 6.61 Å². The average Bonchev–Trinajstić information content (AvgIpc) is 3.07. The molecule has 2 aromatic heterocycles. The second kappa shape index (κ2) is 7.73. The summed E-state index contributed by atoms with van der Waals surface area (Å²) in [5.41, 5.74) is 4.85. The number of para-hydroxylation sites is 2. The van der Waals surface area contributed by atoms with Gasteiger partial charge in [-0.25, -0.2) is 9.50 Å². The molecule has 0 saturated carbocycles. The molecule has 0 spiro atoms. The standard InChI is InChI=1S/C22H26N4O3/c1-14-11-21-23-15(2)18(16(3)26(21)24-14)9-10-22(27)25(4)12-17-13-28-19-7-5-6-8-20(19)29-17/h5-8,11,17H,9-10,12-13H2,1-4H3/t17-/m1/s1. The molecule has 1 aromatic carbocycles. The van der Waals surface area contributed by atoms with E-state index in [0.29, 0.717) is 26.0 Å². The van der Waals surface area contributed by atoms with Crippen molar-refractivity contribution < 1.29 is 14.3 Å². The fraction of sp³-hybridized carbons (Fsp3) is 0.409. The van der Waals surface area contributed by atoms with E-state index < -0.39 is 0 Å². The fourth-order valence-electron chi connectivity index (χ4n) is 3.79. The van der Waals surface area contributed by atoms with E-state index in [1.165, 1.54) is 0 Å². The number of ether oxygens (including phenoxy) is 2. The summed E-state index contributed by atoms with van der Waals surface area (Å²) in [6.07, 6.45) is 0.871. The maximum atomic E-state index is 12.7. The summed E-state index contributed by atoms with van der Waals surface area (Å²) in [5, 5.41) is 4.50. The van der Waals surface area contributed by atoms with Crippen molar-refractivity contribution >= 4 is 11.6 Å². The summed E-state index contributed by atoms with van der Waals surface area (Å²) in [4.78, 5) is 19.1. The molecule has 29 heavy (non-hydrogen) atoms. The van der Waals surface area contributed by atoms with Crippen LogP contribution in [0.15, 0.2) is 30.3 Å². The first-order valence-electron chi connectivity index (χ1n) is 9.87. The number of benzene rings is 1. The van der Waals surface area contributed by atoms with Crippen LogP contribution in [-0.2, 0) is 11.2 Å². The molecule has 0 fully saturated rings. The van der Waals surface area contributed by atoms with Crippen molar-refractivity contribution in [3.05, 3.63) is 53.0 Å². The Morgan fingerprint density at radius 3 is 2.79 bits per heavy atom. The molecule has 0 aliphatic carbocycles. The number of likely N-dealkylation sites (N-methyl/N-ethyl adjacent to an activating group) is 1. The third-order valence-electron chi connectivity index (χ3n) is 5.35. The highest BCUT2D eigenvalue weighted by Crippen LogP contribution is 2.31. The molecule has 4 rings (SSSR count). The Morgan fingerprint density at radius 2 is 2.00 bits per heavy atom. The Morgan fingerprint density at radius 1 is 1.24 bits per heavy atom. The zero-order valence-electron chi connectivity index (χ0n) is 17.3. The molecule has 152 valence electrons. The normalized spacial score (nSPS) is 15.5. The van der Waals surface area contributed by atoms with Gasteiger partial charge in [-0.1, -0.05) is 12.1 Å². The van der Waals surface area contributed by atoms with E-state index in [4.69, 9.17) is 9.47 Å². The second-order valence-electron chi connectivity index (χ2n) is 7.59. The van der Waals surface area contributed by atoms with E-state index in [9.17, 15) is 4.79 Å². The van der Waals surface area contributed by atoms with Crippen LogP contribution in [0.1, 0.15) is 29.1 Å². The Hall–Kier alpha value is -3.09. The van der Waals surface area contributed by atoms with Crippen LogP contribution in [0.4, 0.5) is 0 Å². The summed E-state index contributed by atoms with van der Waals surface area (Å²) < 4.78 is 13.6. The fourth-order valence-corrected chi connectivity index (χ4v) is 3.79. The van der Waals surface area contributed by atoms with Crippen molar-refractivity contribution in [2.45, 2.75) is 39.7 Å². The highest BCUT2D eigenvalue weighted by atomic mass is 16.6. The number of aryl methyl sites for hydroxylation is 3. The van der Waals surface area contributed by atoms with E-state index in [2.05, 4.69) is 10.1 Å². The summed E-state index contributed by atoms with van der Waals surface area (Å²) in [5.74, 6) is 1.55. The number of fused-ring (bicyclic) bond motifs is 2. The minimum atomic E-state index is -0.174. The van der Waals surface area contributed by atoms with Gasteiger partial charge in [-0.2, -0.15) is 5.10 Å². The zero-order valence-corrected chi connectivity index (χ0v) is 17.3. The summed E-state index contributed by atoms with van der Waals surface area (Å²) in [6, 6.07) is 9.56. The predicted octanol–water partition coefficient (Wildman–Crippen LogP) is 2.89. The first-order valence-corrected chi connectivity index (χ1v) is 9.87. The lowest BCUT2D eigenvalue weighted by atomic mass is 10.1. The van der Waals surface area contributed by atoms with Crippen LogP contribution >= 0.6 is 0 Å². The molecule has 0 saturated heterocycles. The number of carbonyl (C=O) groups excluding carboxylic acids is 1. The Bertz CT molecular complexity index is 1060. The minimum absolute atomic E-state index is 0.0722. The van der Waals surface area contributed by atoms with Crippen LogP contribution in [0, 0.1) is 20.8 Å². The van der Waals surface area contributed by atoms with Crippen LogP contribution in [0.25, 0.3) is 5.65 Å². The summed E-state index contributed by atoms with van der Waals surface area (Å²) >= 11 is 0. The number of hydrogen-bond acceptors (Lipinski definition) is 5. The highest BCUT2D eigenvalue weighted by molar-refractivity contribution is 5.76. The smallest absolute Gasteiger partial charge is 0.222 e. The van der Waals surface area contributed by atoms with Crippen molar-refractivity contribution in [2.75, 3.05) is 20.2 Å². The van der Waals surface area contributed by atoms with Gasteiger partial charge in [-0.05, 0) is 44.9 Å². The topological polar surface area (TPSA) is 69.0 Å². The van der Waals surface area contributed by atoms with Crippen LogP contribution in [0.2, 0.25) is 0 Å². The van der Waals surface area contributed by atoms with Gasteiger partial charge >= 0.3 is 0 Å². The molecule has 1 aliphatic rings. The molecule has 0 unspecified atom stereocenters. The lowest BCUT2D eigenvalue weighted by molar-refractivity contribution is -0.131. The van der Waals surface area contributed by atoms with E-state index in [1.807, 2.05) is 62.7 Å².